The van der Waals surface area contributed by atoms with Crippen LogP contribution in [-0.4, -0.2) is 20.0 Å². The highest BCUT2D eigenvalue weighted by atomic mass is 19.1. The summed E-state index contributed by atoms with van der Waals surface area (Å²) in [4.78, 5) is 0. The smallest absolute Gasteiger partial charge is 0.153 e. The summed E-state index contributed by atoms with van der Waals surface area (Å²) in [6, 6.07) is 6.33. The summed E-state index contributed by atoms with van der Waals surface area (Å²) in [5, 5.41) is 11.4. The zero-order valence-corrected chi connectivity index (χ0v) is 11.9. The standard InChI is InChI=1S/C15H16FN5/c1-3-12-11(8-21(2)20-12)14-13(15(17)19-18-14)9-5-4-6-10(16)7-9/h4-8H,3H2,1-2H3,(H3,17,18,19). The van der Waals surface area contributed by atoms with E-state index in [1.54, 1.807) is 10.7 Å². The van der Waals surface area contributed by atoms with Gasteiger partial charge in [0.15, 0.2) is 5.82 Å². The Balaban J connectivity index is 2.21. The van der Waals surface area contributed by atoms with E-state index < -0.39 is 0 Å². The van der Waals surface area contributed by atoms with Crippen molar-refractivity contribution in [2.45, 2.75) is 13.3 Å². The number of nitrogens with one attached hydrogen (secondary N) is 1. The Hall–Kier alpha value is -2.63. The number of nitrogens with two attached hydrogens (primary N) is 1. The van der Waals surface area contributed by atoms with Crippen molar-refractivity contribution in [1.29, 1.82) is 0 Å². The summed E-state index contributed by atoms with van der Waals surface area (Å²) in [7, 11) is 1.87. The van der Waals surface area contributed by atoms with Crippen LogP contribution in [0.1, 0.15) is 12.6 Å². The van der Waals surface area contributed by atoms with Crippen molar-refractivity contribution < 1.29 is 4.39 Å². The lowest BCUT2D eigenvalue weighted by Crippen LogP contribution is -1.91. The molecule has 3 rings (SSSR count). The minimum absolute atomic E-state index is 0.305. The number of aromatic nitrogens is 4. The molecule has 108 valence electrons. The van der Waals surface area contributed by atoms with E-state index in [1.165, 1.54) is 12.1 Å². The number of rotatable bonds is 3. The molecule has 2 aromatic heterocycles. The van der Waals surface area contributed by atoms with Crippen LogP contribution in [0.2, 0.25) is 0 Å². The maximum atomic E-state index is 13.5. The number of H-pyrrole nitrogens is 1. The zero-order valence-electron chi connectivity index (χ0n) is 11.9. The van der Waals surface area contributed by atoms with Crippen molar-refractivity contribution in [2.24, 2.45) is 7.05 Å². The Morgan fingerprint density at radius 2 is 2.19 bits per heavy atom. The van der Waals surface area contributed by atoms with Crippen molar-refractivity contribution in [2.75, 3.05) is 5.73 Å². The van der Waals surface area contributed by atoms with E-state index in [0.29, 0.717) is 16.9 Å². The molecule has 0 saturated heterocycles. The molecule has 0 unspecified atom stereocenters. The molecule has 2 heterocycles. The van der Waals surface area contributed by atoms with Crippen LogP contribution in [0.3, 0.4) is 0 Å². The summed E-state index contributed by atoms with van der Waals surface area (Å²) < 4.78 is 15.2. The summed E-state index contributed by atoms with van der Waals surface area (Å²) in [5.41, 5.74) is 10.0. The van der Waals surface area contributed by atoms with Gasteiger partial charge in [-0.15, -0.1) is 0 Å². The van der Waals surface area contributed by atoms with E-state index >= 15 is 0 Å². The SMILES string of the molecule is CCc1nn(C)cc1-c1[nH]nc(N)c1-c1cccc(F)c1. The van der Waals surface area contributed by atoms with Crippen LogP contribution >= 0.6 is 0 Å². The molecule has 3 N–H and O–H groups in total. The van der Waals surface area contributed by atoms with Gasteiger partial charge in [0.1, 0.15) is 5.82 Å². The summed E-state index contributed by atoms with van der Waals surface area (Å²) >= 11 is 0. The zero-order chi connectivity index (χ0) is 15.0. The number of hydrogen-bond acceptors (Lipinski definition) is 3. The first kappa shape index (κ1) is 13.4. The van der Waals surface area contributed by atoms with E-state index in [-0.39, 0.29) is 5.82 Å². The Bertz CT molecular complexity index is 787. The highest BCUT2D eigenvalue weighted by Gasteiger charge is 2.19. The molecule has 0 atom stereocenters. The second-order valence-electron chi connectivity index (χ2n) is 4.89. The number of benzene rings is 1. The largest absolute Gasteiger partial charge is 0.382 e. The molecule has 5 nitrogen and oxygen atoms in total. The van der Waals surface area contributed by atoms with Gasteiger partial charge >= 0.3 is 0 Å². The van der Waals surface area contributed by atoms with Crippen molar-refractivity contribution in [3.05, 3.63) is 42.0 Å². The first-order valence-electron chi connectivity index (χ1n) is 6.72. The molecule has 0 aliphatic rings. The average Bonchev–Trinajstić information content (AvgIpc) is 3.01. The second kappa shape index (κ2) is 5.05. The fraction of sp³-hybridized carbons (Fsp3) is 0.200. The monoisotopic (exact) mass is 285 g/mol. The second-order valence-corrected chi connectivity index (χ2v) is 4.89. The lowest BCUT2D eigenvalue weighted by Gasteiger charge is -2.04. The van der Waals surface area contributed by atoms with Crippen LogP contribution in [-0.2, 0) is 13.5 Å². The van der Waals surface area contributed by atoms with Gasteiger partial charge in [0.2, 0.25) is 0 Å². The molecule has 0 amide bonds. The van der Waals surface area contributed by atoms with Gasteiger partial charge in [-0.25, -0.2) is 4.39 Å². The van der Waals surface area contributed by atoms with Gasteiger partial charge in [-0.3, -0.25) is 9.78 Å². The molecule has 6 heteroatoms. The Labute approximate surface area is 121 Å². The van der Waals surface area contributed by atoms with E-state index in [9.17, 15) is 4.39 Å². The topological polar surface area (TPSA) is 72.5 Å². The first-order valence-corrected chi connectivity index (χ1v) is 6.72. The van der Waals surface area contributed by atoms with E-state index in [2.05, 4.69) is 15.3 Å². The lowest BCUT2D eigenvalue weighted by molar-refractivity contribution is 0.628. The van der Waals surface area contributed by atoms with Crippen LogP contribution in [0.25, 0.3) is 22.4 Å². The number of hydrogen-bond donors (Lipinski definition) is 2. The molecule has 0 aliphatic heterocycles. The Kier molecular flexibility index (Phi) is 3.21. The first-order chi connectivity index (χ1) is 10.1. The van der Waals surface area contributed by atoms with Gasteiger partial charge in [0.25, 0.3) is 0 Å². The molecule has 0 fully saturated rings. The maximum absolute atomic E-state index is 13.5. The van der Waals surface area contributed by atoms with Gasteiger partial charge in [-0.05, 0) is 24.1 Å². The predicted octanol–water partition coefficient (Wildman–Crippen LogP) is 2.76. The molecule has 0 aliphatic carbocycles. The fourth-order valence-electron chi connectivity index (χ4n) is 2.49. The van der Waals surface area contributed by atoms with Crippen molar-refractivity contribution in [3.63, 3.8) is 0 Å². The molecule has 0 spiro atoms. The van der Waals surface area contributed by atoms with Crippen molar-refractivity contribution >= 4 is 5.82 Å². The van der Waals surface area contributed by atoms with Crippen LogP contribution in [0.15, 0.2) is 30.5 Å². The van der Waals surface area contributed by atoms with Crippen LogP contribution < -0.4 is 5.73 Å². The highest BCUT2D eigenvalue weighted by molar-refractivity contribution is 5.88. The summed E-state index contributed by atoms with van der Waals surface area (Å²) in [6.45, 7) is 2.04. The van der Waals surface area contributed by atoms with Crippen LogP contribution in [0, 0.1) is 5.82 Å². The van der Waals surface area contributed by atoms with E-state index in [4.69, 9.17) is 5.73 Å². The molecule has 21 heavy (non-hydrogen) atoms. The lowest BCUT2D eigenvalue weighted by atomic mass is 10.0. The van der Waals surface area contributed by atoms with Gasteiger partial charge in [0, 0.05) is 18.8 Å². The number of nitrogen functional groups attached to an aromatic ring is 1. The summed E-state index contributed by atoms with van der Waals surface area (Å²) in [6.07, 6.45) is 2.70. The van der Waals surface area contributed by atoms with Gasteiger partial charge in [-0.1, -0.05) is 19.1 Å². The predicted molar refractivity (Wildman–Crippen MR) is 80.0 cm³/mol. The highest BCUT2D eigenvalue weighted by Crippen LogP contribution is 2.36. The Morgan fingerprint density at radius 3 is 2.90 bits per heavy atom. The van der Waals surface area contributed by atoms with E-state index in [1.807, 2.05) is 26.2 Å². The molecular weight excluding hydrogens is 269 g/mol. The van der Waals surface area contributed by atoms with Crippen LogP contribution in [0.4, 0.5) is 10.2 Å². The van der Waals surface area contributed by atoms with E-state index in [0.717, 1.165) is 23.4 Å². The molecule has 1 aromatic carbocycles. The van der Waals surface area contributed by atoms with Gasteiger partial charge in [-0.2, -0.15) is 10.2 Å². The third-order valence-corrected chi connectivity index (χ3v) is 3.42. The number of aryl methyl sites for hydroxylation is 2. The minimum Gasteiger partial charge on any atom is -0.382 e. The molecule has 3 aromatic rings. The van der Waals surface area contributed by atoms with Crippen molar-refractivity contribution in [3.8, 4) is 22.4 Å². The molecule has 0 bridgehead atoms. The normalized spacial score (nSPS) is 11.0. The molecule has 0 saturated carbocycles. The number of halogens is 1. The Morgan fingerprint density at radius 1 is 1.38 bits per heavy atom. The van der Waals surface area contributed by atoms with Gasteiger partial charge < -0.3 is 5.73 Å². The summed E-state index contributed by atoms with van der Waals surface area (Å²) in [5.74, 6) is 0.0439. The maximum Gasteiger partial charge on any atom is 0.153 e. The number of anilines is 1. The number of aromatic amines is 1. The quantitative estimate of drug-likeness (QED) is 0.777. The van der Waals surface area contributed by atoms with Crippen molar-refractivity contribution in [1.82, 2.24) is 20.0 Å². The number of nitrogens with zero attached hydrogens (tertiary/aromatic N) is 3. The third-order valence-electron chi connectivity index (χ3n) is 3.42. The fourth-order valence-corrected chi connectivity index (χ4v) is 2.49. The van der Waals surface area contributed by atoms with Crippen LogP contribution in [0.5, 0.6) is 0 Å². The molecular formula is C15H16FN5. The molecule has 0 radical (unpaired) electrons. The van der Waals surface area contributed by atoms with Gasteiger partial charge in [0.05, 0.1) is 17.0 Å². The third kappa shape index (κ3) is 2.29. The average molecular weight is 285 g/mol. The minimum atomic E-state index is -0.305.